The maximum absolute atomic E-state index is 11.1. The smallest absolute Gasteiger partial charge is 0.216 e. The van der Waals surface area contributed by atoms with Gasteiger partial charge in [-0.3, -0.25) is 14.5 Å². The molecule has 3 aromatic heterocycles. The highest BCUT2D eigenvalue weighted by Crippen LogP contribution is 2.30. The first kappa shape index (κ1) is 18.3. The number of piperidine rings is 1. The summed E-state index contributed by atoms with van der Waals surface area (Å²) in [4.78, 5) is 27.1. The zero-order valence-electron chi connectivity index (χ0n) is 16.3. The summed E-state index contributed by atoms with van der Waals surface area (Å²) in [6.45, 7) is 4.22. The van der Waals surface area contributed by atoms with Crippen molar-refractivity contribution < 1.29 is 4.79 Å². The van der Waals surface area contributed by atoms with E-state index in [4.69, 9.17) is 9.97 Å². The lowest BCUT2D eigenvalue weighted by atomic mass is 9.93. The van der Waals surface area contributed by atoms with Crippen LogP contribution in [0.4, 0.5) is 5.82 Å². The summed E-state index contributed by atoms with van der Waals surface area (Å²) >= 11 is 0. The number of anilines is 1. The molecule has 1 amide bonds. The van der Waals surface area contributed by atoms with Crippen LogP contribution in [0.1, 0.15) is 26.2 Å². The average Bonchev–Trinajstić information content (AvgIpc) is 3.09. The normalized spacial score (nSPS) is 15.1. The van der Waals surface area contributed by atoms with E-state index >= 15 is 0 Å². The Morgan fingerprint density at radius 3 is 2.68 bits per heavy atom. The highest BCUT2D eigenvalue weighted by molar-refractivity contribution is 5.88. The van der Waals surface area contributed by atoms with E-state index in [-0.39, 0.29) is 5.91 Å². The van der Waals surface area contributed by atoms with Gasteiger partial charge >= 0.3 is 0 Å². The molecule has 0 saturated carbocycles. The molecule has 4 rings (SSSR count). The van der Waals surface area contributed by atoms with Crippen LogP contribution in [-0.4, -0.2) is 50.3 Å². The molecule has 0 atom stereocenters. The van der Waals surface area contributed by atoms with E-state index in [9.17, 15) is 4.79 Å². The first-order valence-corrected chi connectivity index (χ1v) is 9.71. The number of hydrogen-bond donors (Lipinski definition) is 1. The van der Waals surface area contributed by atoms with Crippen molar-refractivity contribution in [2.75, 3.05) is 24.5 Å². The van der Waals surface area contributed by atoms with Gasteiger partial charge in [0.2, 0.25) is 5.91 Å². The molecule has 0 spiro atoms. The molecule has 146 valence electrons. The molecule has 0 aliphatic carbocycles. The van der Waals surface area contributed by atoms with Crippen molar-refractivity contribution in [3.63, 3.8) is 0 Å². The maximum atomic E-state index is 11.1. The lowest BCUT2D eigenvalue weighted by Crippen LogP contribution is -2.35. The highest BCUT2D eigenvalue weighted by atomic mass is 16.1. The second-order valence-electron chi connectivity index (χ2n) is 7.31. The number of aryl methyl sites for hydroxylation is 1. The number of nitrogens with zero attached hydrogens (tertiary/aromatic N) is 6. The van der Waals surface area contributed by atoms with Gasteiger partial charge in [0.15, 0.2) is 11.5 Å². The summed E-state index contributed by atoms with van der Waals surface area (Å²) in [5.41, 5.74) is 1.79. The van der Waals surface area contributed by atoms with Crippen molar-refractivity contribution in [2.24, 2.45) is 13.0 Å². The second kappa shape index (κ2) is 7.92. The molecule has 8 nitrogen and oxygen atoms in total. The van der Waals surface area contributed by atoms with Crippen LogP contribution in [-0.2, 0) is 11.8 Å². The van der Waals surface area contributed by atoms with Crippen LogP contribution in [0.5, 0.6) is 0 Å². The molecule has 8 heteroatoms. The van der Waals surface area contributed by atoms with Gasteiger partial charge in [0.1, 0.15) is 5.82 Å². The van der Waals surface area contributed by atoms with Gasteiger partial charge in [0.25, 0.3) is 0 Å². The number of carbonyl (C=O) groups excluding carboxylic acids is 1. The van der Waals surface area contributed by atoms with Crippen LogP contribution >= 0.6 is 0 Å². The van der Waals surface area contributed by atoms with Crippen LogP contribution in [0.2, 0.25) is 0 Å². The fraction of sp³-hybridized carbons (Fsp3) is 0.450. The molecular weight excluding hydrogens is 354 g/mol. The minimum atomic E-state index is 0.0426. The molecule has 3 aromatic rings. The molecule has 1 saturated heterocycles. The second-order valence-corrected chi connectivity index (χ2v) is 7.31. The van der Waals surface area contributed by atoms with Crippen molar-refractivity contribution in [2.45, 2.75) is 26.2 Å². The topological polar surface area (TPSA) is 88.8 Å². The zero-order chi connectivity index (χ0) is 19.5. The lowest BCUT2D eigenvalue weighted by molar-refractivity contribution is -0.119. The molecule has 4 heterocycles. The van der Waals surface area contributed by atoms with Gasteiger partial charge in [0.05, 0.1) is 11.6 Å². The molecule has 1 fully saturated rings. The van der Waals surface area contributed by atoms with Crippen molar-refractivity contribution in [3.8, 4) is 11.4 Å². The third kappa shape index (κ3) is 3.81. The summed E-state index contributed by atoms with van der Waals surface area (Å²) in [6.07, 6.45) is 8.58. The number of carbonyl (C=O) groups is 1. The van der Waals surface area contributed by atoms with E-state index in [0.29, 0.717) is 11.7 Å². The van der Waals surface area contributed by atoms with Gasteiger partial charge in [0, 0.05) is 51.6 Å². The summed E-state index contributed by atoms with van der Waals surface area (Å²) in [5.74, 6) is 2.32. The number of nitrogens with one attached hydrogen (secondary N) is 1. The third-order valence-electron chi connectivity index (χ3n) is 5.35. The Bertz CT molecular complexity index is 961. The molecular formula is C20H25N7O. The minimum absolute atomic E-state index is 0.0426. The minimum Gasteiger partial charge on any atom is -0.356 e. The average molecular weight is 379 g/mol. The van der Waals surface area contributed by atoms with Gasteiger partial charge < -0.3 is 10.2 Å². The number of pyridine rings is 1. The lowest BCUT2D eigenvalue weighted by Gasteiger charge is -2.33. The summed E-state index contributed by atoms with van der Waals surface area (Å²) in [7, 11) is 1.91. The van der Waals surface area contributed by atoms with Gasteiger partial charge in [-0.05, 0) is 37.3 Å². The van der Waals surface area contributed by atoms with Gasteiger partial charge in [-0.1, -0.05) is 0 Å². The van der Waals surface area contributed by atoms with Crippen molar-refractivity contribution in [1.82, 2.24) is 30.0 Å². The van der Waals surface area contributed by atoms with Crippen molar-refractivity contribution in [3.05, 3.63) is 30.7 Å². The monoisotopic (exact) mass is 379 g/mol. The predicted molar refractivity (Wildman–Crippen MR) is 108 cm³/mol. The Balaban J connectivity index is 1.56. The summed E-state index contributed by atoms with van der Waals surface area (Å²) < 4.78 is 1.80. The van der Waals surface area contributed by atoms with Crippen LogP contribution in [0.25, 0.3) is 22.4 Å². The van der Waals surface area contributed by atoms with Crippen LogP contribution < -0.4 is 10.2 Å². The van der Waals surface area contributed by atoms with Gasteiger partial charge in [-0.15, -0.1) is 0 Å². The fourth-order valence-corrected chi connectivity index (χ4v) is 3.76. The molecule has 0 radical (unpaired) electrons. The summed E-state index contributed by atoms with van der Waals surface area (Å²) in [6, 6.07) is 3.85. The number of amides is 1. The molecule has 1 N–H and O–H groups in total. The number of aromatic nitrogens is 5. The number of rotatable bonds is 5. The molecule has 1 aliphatic rings. The largest absolute Gasteiger partial charge is 0.356 e. The van der Waals surface area contributed by atoms with E-state index in [0.717, 1.165) is 61.3 Å². The quantitative estimate of drug-likeness (QED) is 0.731. The van der Waals surface area contributed by atoms with Crippen molar-refractivity contribution >= 4 is 22.8 Å². The first-order valence-electron chi connectivity index (χ1n) is 9.71. The molecule has 1 aliphatic heterocycles. The number of hydrogen-bond acceptors (Lipinski definition) is 6. The first-order chi connectivity index (χ1) is 13.6. The molecule has 0 aromatic carbocycles. The molecule has 0 unspecified atom stereocenters. The van der Waals surface area contributed by atoms with Crippen LogP contribution in [0, 0.1) is 5.92 Å². The predicted octanol–water partition coefficient (Wildman–Crippen LogP) is 2.17. The van der Waals surface area contributed by atoms with E-state index in [1.165, 1.54) is 0 Å². The molecule has 28 heavy (non-hydrogen) atoms. The highest BCUT2D eigenvalue weighted by Gasteiger charge is 2.23. The van der Waals surface area contributed by atoms with Crippen molar-refractivity contribution in [1.29, 1.82) is 0 Å². The Labute approximate surface area is 164 Å². The Kier molecular flexibility index (Phi) is 5.18. The Morgan fingerprint density at radius 2 is 1.96 bits per heavy atom. The van der Waals surface area contributed by atoms with E-state index in [1.807, 2.05) is 25.4 Å². The number of fused-ring (bicyclic) bond motifs is 1. The molecule has 0 bridgehead atoms. The van der Waals surface area contributed by atoms with E-state index in [1.54, 1.807) is 24.0 Å². The van der Waals surface area contributed by atoms with Gasteiger partial charge in [-0.2, -0.15) is 5.10 Å². The summed E-state index contributed by atoms with van der Waals surface area (Å²) in [5, 5.41) is 8.28. The Hall–Kier alpha value is -3.03. The standard InChI is InChI=1S/C20H25N7O/c1-14(28)22-10-3-15-6-11-27(12-7-15)20-17-13-23-26(2)19(17)24-18(25-20)16-4-8-21-9-5-16/h4-5,8-9,13,15H,3,6-7,10-12H2,1-2H3,(H,22,28). The van der Waals surface area contributed by atoms with Crippen LogP contribution in [0.15, 0.2) is 30.7 Å². The fourth-order valence-electron chi connectivity index (χ4n) is 3.76. The van der Waals surface area contributed by atoms with E-state index < -0.39 is 0 Å². The SMILES string of the molecule is CC(=O)NCCC1CCN(c2nc(-c3ccncc3)nc3c2cnn3C)CC1. The van der Waals surface area contributed by atoms with Gasteiger partial charge in [-0.25, -0.2) is 9.97 Å². The maximum Gasteiger partial charge on any atom is 0.216 e. The zero-order valence-corrected chi connectivity index (χ0v) is 16.3. The third-order valence-corrected chi connectivity index (χ3v) is 5.35. The Morgan fingerprint density at radius 1 is 1.21 bits per heavy atom. The van der Waals surface area contributed by atoms with Crippen LogP contribution in [0.3, 0.4) is 0 Å². The van der Waals surface area contributed by atoms with E-state index in [2.05, 4.69) is 20.3 Å².